The number of carbonyl (C=O) groups excluding carboxylic acids is 3. The van der Waals surface area contributed by atoms with Gasteiger partial charge in [-0.05, 0) is 85.6 Å². The van der Waals surface area contributed by atoms with E-state index in [-0.39, 0.29) is 11.9 Å². The minimum atomic E-state index is -0.910. The van der Waals surface area contributed by atoms with Crippen molar-refractivity contribution in [2.45, 2.75) is 26.9 Å². The summed E-state index contributed by atoms with van der Waals surface area (Å²) in [5.74, 6) is -1.89. The molecular formula is C44H50N8O9S2. The summed E-state index contributed by atoms with van der Waals surface area (Å²) in [4.78, 5) is 60.3. The molecule has 0 radical (unpaired) electrons. The van der Waals surface area contributed by atoms with Crippen LogP contribution in [0.3, 0.4) is 0 Å². The first-order chi connectivity index (χ1) is 30.4. The molecule has 19 heteroatoms. The number of aromatic carboxylic acids is 1. The highest BCUT2D eigenvalue weighted by atomic mass is 32.1. The molecule has 4 N–H and O–H groups in total. The van der Waals surface area contributed by atoms with Crippen LogP contribution in [0.25, 0.3) is 0 Å². The van der Waals surface area contributed by atoms with Crippen molar-refractivity contribution in [1.29, 1.82) is 0 Å². The first kappa shape index (κ1) is 46.0. The average molecular weight is 899 g/mol. The number of carboxylic acid groups (broad SMARTS) is 1. The molecule has 332 valence electrons. The van der Waals surface area contributed by atoms with Gasteiger partial charge in [-0.1, -0.05) is 0 Å². The number of aryl methyl sites for hydroxylation is 2. The number of rotatable bonds is 11. The van der Waals surface area contributed by atoms with Crippen LogP contribution in [0, 0.1) is 13.8 Å². The van der Waals surface area contributed by atoms with Gasteiger partial charge in [-0.25, -0.2) is 24.4 Å². The summed E-state index contributed by atoms with van der Waals surface area (Å²) in [7, 11) is 2.68. The average Bonchev–Trinajstić information content (AvgIpc) is 4.13. The standard InChI is InChI=1S/C22H24N4O4S.C14H17N3O3S.C8H9NO2/c1-15-11-19(20(27)23-17-5-3-16(4-6-17)21(28)29-2)26(12-15)13-18-14-31-22(24-18)25-7-9-30-10-8-25;1-10-6-12(13(18)19)17(7-10)8-11-9-21-14(15-11)16-2-4-20-5-3-16;1-11-8(10)6-2-4-7(9)5-3-6/h3-6,11-12,14H,7-10,13H2,1-2H3,(H,23,27);6-7,9H,2-5,8H2,1H3,(H,18,19);2-5H,9H2,1H3. The van der Waals surface area contributed by atoms with Gasteiger partial charge >= 0.3 is 17.9 Å². The van der Waals surface area contributed by atoms with Gasteiger partial charge in [0.1, 0.15) is 11.4 Å². The van der Waals surface area contributed by atoms with Crippen molar-refractivity contribution in [2.75, 3.05) is 87.7 Å². The number of esters is 2. The molecule has 0 aliphatic carbocycles. The number of thiazole rings is 2. The van der Waals surface area contributed by atoms with Crippen LogP contribution in [-0.4, -0.2) is 115 Å². The normalized spacial score (nSPS) is 13.5. The van der Waals surface area contributed by atoms with Gasteiger partial charge in [0.05, 0.1) is 76.3 Å². The first-order valence-electron chi connectivity index (χ1n) is 19.9. The predicted octanol–water partition coefficient (Wildman–Crippen LogP) is 6.07. The molecule has 63 heavy (non-hydrogen) atoms. The zero-order chi connectivity index (χ0) is 44.9. The highest BCUT2D eigenvalue weighted by Gasteiger charge is 2.19. The van der Waals surface area contributed by atoms with Gasteiger partial charge in [0, 0.05) is 60.7 Å². The predicted molar refractivity (Wildman–Crippen MR) is 242 cm³/mol. The number of nitrogens with zero attached hydrogens (tertiary/aromatic N) is 6. The highest BCUT2D eigenvalue weighted by Crippen LogP contribution is 2.25. The molecule has 4 aromatic heterocycles. The maximum atomic E-state index is 12.9. The van der Waals surface area contributed by atoms with Gasteiger partial charge in [-0.2, -0.15) is 0 Å². The number of methoxy groups -OCH3 is 2. The molecule has 1 amide bonds. The Morgan fingerprint density at radius 3 is 1.57 bits per heavy atom. The molecule has 0 saturated carbocycles. The number of amides is 1. The monoisotopic (exact) mass is 898 g/mol. The third-order valence-corrected chi connectivity index (χ3v) is 11.6. The van der Waals surface area contributed by atoms with E-state index in [9.17, 15) is 24.3 Å². The van der Waals surface area contributed by atoms with Gasteiger partial charge < -0.3 is 54.0 Å². The zero-order valence-electron chi connectivity index (χ0n) is 35.4. The maximum Gasteiger partial charge on any atom is 0.352 e. The van der Waals surface area contributed by atoms with Crippen molar-refractivity contribution in [3.63, 3.8) is 0 Å². The van der Waals surface area contributed by atoms with Crippen LogP contribution >= 0.6 is 22.7 Å². The van der Waals surface area contributed by atoms with Crippen molar-refractivity contribution in [3.8, 4) is 0 Å². The van der Waals surface area contributed by atoms with Crippen LogP contribution in [-0.2, 0) is 32.0 Å². The van der Waals surface area contributed by atoms with Crippen LogP contribution in [0.2, 0.25) is 0 Å². The van der Waals surface area contributed by atoms with Crippen LogP contribution < -0.4 is 20.9 Å². The van der Waals surface area contributed by atoms with E-state index in [4.69, 9.17) is 24.9 Å². The lowest BCUT2D eigenvalue weighted by molar-refractivity contribution is 0.0592. The third-order valence-electron chi connectivity index (χ3n) is 9.72. The fraction of sp³-hybridized carbons (Fsp3) is 0.318. The Bertz CT molecular complexity index is 2460. The number of aromatic nitrogens is 4. The van der Waals surface area contributed by atoms with E-state index in [0.29, 0.717) is 47.0 Å². The summed E-state index contributed by atoms with van der Waals surface area (Å²) in [5.41, 5.74) is 12.2. The largest absolute Gasteiger partial charge is 0.477 e. The number of morpholine rings is 2. The fourth-order valence-electron chi connectivity index (χ4n) is 6.57. The molecule has 2 fully saturated rings. The summed E-state index contributed by atoms with van der Waals surface area (Å²) >= 11 is 3.21. The number of nitrogens with one attached hydrogen (secondary N) is 1. The van der Waals surface area contributed by atoms with Gasteiger partial charge in [-0.15, -0.1) is 22.7 Å². The molecule has 0 bridgehead atoms. The lowest BCUT2D eigenvalue weighted by Crippen LogP contribution is -2.36. The second-order valence-corrected chi connectivity index (χ2v) is 16.1. The van der Waals surface area contributed by atoms with E-state index in [2.05, 4.69) is 24.8 Å². The van der Waals surface area contributed by atoms with Crippen LogP contribution in [0.15, 0.2) is 83.8 Å². The van der Waals surface area contributed by atoms with Gasteiger partial charge in [0.25, 0.3) is 5.91 Å². The lowest BCUT2D eigenvalue weighted by atomic mass is 10.2. The summed E-state index contributed by atoms with van der Waals surface area (Å²) in [5, 5.41) is 18.1. The number of anilines is 4. The summed E-state index contributed by atoms with van der Waals surface area (Å²) in [6, 6.07) is 16.7. The Morgan fingerprint density at radius 1 is 0.698 bits per heavy atom. The maximum absolute atomic E-state index is 12.9. The zero-order valence-corrected chi connectivity index (χ0v) is 37.1. The van der Waals surface area contributed by atoms with Crippen molar-refractivity contribution < 1.29 is 43.2 Å². The van der Waals surface area contributed by atoms with E-state index in [1.54, 1.807) is 81.8 Å². The summed E-state index contributed by atoms with van der Waals surface area (Å²) < 4.78 is 23.6. The van der Waals surface area contributed by atoms with Crippen LogP contribution in [0.1, 0.15) is 64.2 Å². The fourth-order valence-corrected chi connectivity index (χ4v) is 8.31. The Labute approximate surface area is 372 Å². The van der Waals surface area contributed by atoms with E-state index >= 15 is 0 Å². The molecule has 2 aliphatic heterocycles. The molecule has 2 saturated heterocycles. The van der Waals surface area contributed by atoms with Crippen LogP contribution in [0.5, 0.6) is 0 Å². The Balaban J connectivity index is 0.000000177. The lowest BCUT2D eigenvalue weighted by Gasteiger charge is -2.26. The number of nitrogen functional groups attached to an aromatic ring is 1. The highest BCUT2D eigenvalue weighted by molar-refractivity contribution is 7.14. The number of benzene rings is 2. The Hall–Kier alpha value is -6.54. The molecule has 0 atom stereocenters. The molecular weight excluding hydrogens is 849 g/mol. The Kier molecular flexibility index (Phi) is 16.1. The van der Waals surface area contributed by atoms with E-state index in [1.165, 1.54) is 14.2 Å². The Morgan fingerprint density at radius 2 is 1.13 bits per heavy atom. The quantitative estimate of drug-likeness (QED) is 0.0998. The number of carboxylic acids is 1. The van der Waals surface area contributed by atoms with Gasteiger partial charge in [-0.3, -0.25) is 4.79 Å². The number of hydrogen-bond donors (Lipinski definition) is 3. The van der Waals surface area contributed by atoms with E-state index in [1.807, 2.05) is 47.6 Å². The van der Waals surface area contributed by atoms with E-state index < -0.39 is 11.9 Å². The molecule has 6 aromatic rings. The minimum Gasteiger partial charge on any atom is -0.477 e. The topological polar surface area (TPSA) is 206 Å². The molecule has 2 aromatic carbocycles. The van der Waals surface area contributed by atoms with E-state index in [0.717, 1.165) is 85.4 Å². The van der Waals surface area contributed by atoms with Crippen molar-refractivity contribution in [1.82, 2.24) is 19.1 Å². The molecule has 0 unspecified atom stereocenters. The number of ether oxygens (including phenoxy) is 4. The van der Waals surface area contributed by atoms with Crippen molar-refractivity contribution in [2.24, 2.45) is 0 Å². The molecule has 8 rings (SSSR count). The molecule has 0 spiro atoms. The smallest absolute Gasteiger partial charge is 0.352 e. The second kappa shape index (κ2) is 22.0. The number of hydrogen-bond acceptors (Lipinski definition) is 15. The second-order valence-electron chi connectivity index (χ2n) is 14.4. The molecule has 6 heterocycles. The summed E-state index contributed by atoms with van der Waals surface area (Å²) in [6.07, 6.45) is 3.79. The van der Waals surface area contributed by atoms with Crippen molar-refractivity contribution in [3.05, 3.63) is 129 Å². The number of carbonyl (C=O) groups is 4. The minimum absolute atomic E-state index is 0.220. The van der Waals surface area contributed by atoms with Crippen LogP contribution in [0.4, 0.5) is 21.6 Å². The first-order valence-corrected chi connectivity index (χ1v) is 21.7. The van der Waals surface area contributed by atoms with Gasteiger partial charge in [0.2, 0.25) is 0 Å². The number of nitrogens with two attached hydrogens (primary N) is 1. The molecule has 17 nitrogen and oxygen atoms in total. The van der Waals surface area contributed by atoms with Crippen molar-refractivity contribution >= 4 is 68.1 Å². The molecule has 2 aliphatic rings. The van der Waals surface area contributed by atoms with Gasteiger partial charge in [0.15, 0.2) is 10.3 Å². The SMILES string of the molecule is COC(=O)c1ccc(N)cc1.COC(=O)c1ccc(NC(=O)c2cc(C)cn2Cc2csc(N3CCOCC3)n2)cc1.Cc1cc(C(=O)O)n(Cc2csc(N3CCOCC3)n2)c1. The summed E-state index contributed by atoms with van der Waals surface area (Å²) in [6.45, 7) is 11.1. The third kappa shape index (κ3) is 12.8.